The molecule has 6 nitrogen and oxygen atoms in total. The Morgan fingerprint density at radius 2 is 1.89 bits per heavy atom. The van der Waals surface area contributed by atoms with Gasteiger partial charge in [0.1, 0.15) is 5.15 Å². The molecule has 96 valence electrons. The maximum Gasteiger partial charge on any atom is 0.311 e. The summed E-state index contributed by atoms with van der Waals surface area (Å²) in [6.07, 6.45) is 0. The van der Waals surface area contributed by atoms with Crippen LogP contribution in [-0.2, 0) is 0 Å². The number of hydrogen-bond acceptors (Lipinski definition) is 4. The largest absolute Gasteiger partial charge is 0.311 e. The highest BCUT2D eigenvalue weighted by molar-refractivity contribution is 6.29. The van der Waals surface area contributed by atoms with Crippen molar-refractivity contribution >= 4 is 29.0 Å². The van der Waals surface area contributed by atoms with Gasteiger partial charge in [0.05, 0.1) is 4.92 Å². The molecule has 0 atom stereocenters. The minimum atomic E-state index is -0.635. The Kier molecular flexibility index (Phi) is 3.72. The van der Waals surface area contributed by atoms with Crippen LogP contribution < -0.4 is 5.32 Å². The molecule has 0 saturated heterocycles. The molecule has 0 aliphatic heterocycles. The summed E-state index contributed by atoms with van der Waals surface area (Å²) in [4.78, 5) is 25.8. The lowest BCUT2D eigenvalue weighted by Crippen LogP contribution is -2.14. The lowest BCUT2D eigenvalue weighted by atomic mass is 10.2. The Hall–Kier alpha value is -2.47. The second-order valence-corrected chi connectivity index (χ2v) is 3.97. The Bertz CT molecular complexity index is 631. The standard InChI is InChI=1S/C12H8ClN3O3/c13-10-7-6-9(16(18)19)11(14-10)15-12(17)8-4-2-1-3-5-8/h1-7H,(H,14,15,17). The van der Waals surface area contributed by atoms with Crippen molar-refractivity contribution in [1.29, 1.82) is 0 Å². The van der Waals surface area contributed by atoms with Crippen molar-refractivity contribution < 1.29 is 9.72 Å². The molecule has 0 unspecified atom stereocenters. The van der Waals surface area contributed by atoms with Crippen LogP contribution in [0, 0.1) is 10.1 Å². The first-order chi connectivity index (χ1) is 9.08. The SMILES string of the molecule is O=C(Nc1nc(Cl)ccc1[N+](=O)[O-])c1ccccc1. The first-order valence-electron chi connectivity index (χ1n) is 5.25. The summed E-state index contributed by atoms with van der Waals surface area (Å²) in [5.41, 5.74) is 0.0623. The van der Waals surface area contributed by atoms with Gasteiger partial charge in [0, 0.05) is 11.6 Å². The van der Waals surface area contributed by atoms with Gasteiger partial charge >= 0.3 is 5.69 Å². The number of benzene rings is 1. The number of hydrogen-bond donors (Lipinski definition) is 1. The quantitative estimate of drug-likeness (QED) is 0.531. The van der Waals surface area contributed by atoms with Gasteiger partial charge in [-0.2, -0.15) is 0 Å². The van der Waals surface area contributed by atoms with Gasteiger partial charge in [-0.3, -0.25) is 14.9 Å². The third-order valence-corrected chi connectivity index (χ3v) is 2.52. The minimum Gasteiger partial charge on any atom is -0.301 e. The van der Waals surface area contributed by atoms with Gasteiger partial charge in [-0.25, -0.2) is 4.98 Å². The molecule has 1 aromatic heterocycles. The third-order valence-electron chi connectivity index (χ3n) is 2.30. The van der Waals surface area contributed by atoms with Crippen LogP contribution in [0.4, 0.5) is 11.5 Å². The van der Waals surface area contributed by atoms with E-state index in [0.29, 0.717) is 5.56 Å². The molecule has 0 saturated carbocycles. The summed E-state index contributed by atoms with van der Waals surface area (Å²) >= 11 is 5.67. The third kappa shape index (κ3) is 3.05. The molecule has 1 amide bonds. The molecule has 0 radical (unpaired) electrons. The number of halogens is 1. The lowest BCUT2D eigenvalue weighted by molar-refractivity contribution is -0.384. The molecule has 19 heavy (non-hydrogen) atoms. The van der Waals surface area contributed by atoms with E-state index in [2.05, 4.69) is 10.3 Å². The molecule has 7 heteroatoms. The molecule has 0 aliphatic rings. The van der Waals surface area contributed by atoms with E-state index in [0.717, 1.165) is 0 Å². The number of rotatable bonds is 3. The van der Waals surface area contributed by atoms with E-state index >= 15 is 0 Å². The predicted molar refractivity (Wildman–Crippen MR) is 70.3 cm³/mol. The monoisotopic (exact) mass is 277 g/mol. The fraction of sp³-hybridized carbons (Fsp3) is 0. The van der Waals surface area contributed by atoms with E-state index in [1.54, 1.807) is 30.3 Å². The summed E-state index contributed by atoms with van der Waals surface area (Å²) in [7, 11) is 0. The Morgan fingerprint density at radius 3 is 2.53 bits per heavy atom. The van der Waals surface area contributed by atoms with Crippen LogP contribution in [0.5, 0.6) is 0 Å². The van der Waals surface area contributed by atoms with Gasteiger partial charge < -0.3 is 5.32 Å². The second kappa shape index (κ2) is 5.45. The molecular formula is C12H8ClN3O3. The van der Waals surface area contributed by atoms with Crippen LogP contribution in [-0.4, -0.2) is 15.8 Å². The van der Waals surface area contributed by atoms with Crippen molar-refractivity contribution in [3.8, 4) is 0 Å². The number of nitro groups is 1. The predicted octanol–water partition coefficient (Wildman–Crippen LogP) is 2.90. The average molecular weight is 278 g/mol. The first-order valence-corrected chi connectivity index (χ1v) is 5.63. The van der Waals surface area contributed by atoms with Crippen LogP contribution in [0.2, 0.25) is 5.15 Å². The summed E-state index contributed by atoms with van der Waals surface area (Å²) in [6.45, 7) is 0. The topological polar surface area (TPSA) is 85.1 Å². The fourth-order valence-corrected chi connectivity index (χ4v) is 1.58. The zero-order valence-corrected chi connectivity index (χ0v) is 10.3. The highest BCUT2D eigenvalue weighted by Crippen LogP contribution is 2.24. The molecule has 0 spiro atoms. The Morgan fingerprint density at radius 1 is 1.21 bits per heavy atom. The number of pyridine rings is 1. The van der Waals surface area contributed by atoms with Crippen molar-refractivity contribution in [2.24, 2.45) is 0 Å². The van der Waals surface area contributed by atoms with Crippen LogP contribution in [0.25, 0.3) is 0 Å². The van der Waals surface area contributed by atoms with Gasteiger partial charge in [0.2, 0.25) is 5.82 Å². The molecule has 1 heterocycles. The molecule has 1 N–H and O–H groups in total. The Balaban J connectivity index is 2.31. The number of carbonyl (C=O) groups is 1. The highest BCUT2D eigenvalue weighted by Gasteiger charge is 2.18. The summed E-state index contributed by atoms with van der Waals surface area (Å²) in [6, 6.07) is 10.8. The van der Waals surface area contributed by atoms with Gasteiger partial charge in [-0.1, -0.05) is 29.8 Å². The number of carbonyl (C=O) groups excluding carboxylic acids is 1. The van der Waals surface area contributed by atoms with E-state index in [4.69, 9.17) is 11.6 Å². The van der Waals surface area contributed by atoms with Crippen LogP contribution in [0.15, 0.2) is 42.5 Å². The molecule has 0 aliphatic carbocycles. The lowest BCUT2D eigenvalue weighted by Gasteiger charge is -2.05. The molecule has 2 rings (SSSR count). The first kappa shape index (κ1) is 13.0. The van der Waals surface area contributed by atoms with Gasteiger partial charge in [-0.05, 0) is 18.2 Å². The van der Waals surface area contributed by atoms with Gasteiger partial charge in [-0.15, -0.1) is 0 Å². The van der Waals surface area contributed by atoms with Crippen LogP contribution in [0.3, 0.4) is 0 Å². The average Bonchev–Trinajstić information content (AvgIpc) is 2.39. The molecule has 1 aromatic carbocycles. The van der Waals surface area contributed by atoms with Crippen molar-refractivity contribution in [1.82, 2.24) is 4.98 Å². The maximum atomic E-state index is 11.9. The number of aromatic nitrogens is 1. The van der Waals surface area contributed by atoms with E-state index in [1.807, 2.05) is 0 Å². The van der Waals surface area contributed by atoms with Crippen molar-refractivity contribution in [3.63, 3.8) is 0 Å². The van der Waals surface area contributed by atoms with Crippen LogP contribution >= 0.6 is 11.6 Å². The zero-order valence-electron chi connectivity index (χ0n) is 9.54. The van der Waals surface area contributed by atoms with Crippen molar-refractivity contribution in [2.75, 3.05) is 5.32 Å². The number of nitrogens with zero attached hydrogens (tertiary/aromatic N) is 2. The van der Waals surface area contributed by atoms with Crippen molar-refractivity contribution in [2.45, 2.75) is 0 Å². The van der Waals surface area contributed by atoms with E-state index < -0.39 is 10.8 Å². The van der Waals surface area contributed by atoms with E-state index in [9.17, 15) is 14.9 Å². The van der Waals surface area contributed by atoms with Crippen molar-refractivity contribution in [3.05, 3.63) is 63.3 Å². The molecule has 0 fully saturated rings. The van der Waals surface area contributed by atoms with Crippen LogP contribution in [0.1, 0.15) is 10.4 Å². The summed E-state index contributed by atoms with van der Waals surface area (Å²) in [5.74, 6) is -0.662. The Labute approximate surface area is 113 Å². The number of nitrogens with one attached hydrogen (secondary N) is 1. The number of anilines is 1. The second-order valence-electron chi connectivity index (χ2n) is 3.58. The minimum absolute atomic E-state index is 0.0639. The smallest absolute Gasteiger partial charge is 0.301 e. The summed E-state index contributed by atoms with van der Waals surface area (Å²) < 4.78 is 0. The maximum absolute atomic E-state index is 11.9. The van der Waals surface area contributed by atoms with E-state index in [1.165, 1.54) is 12.1 Å². The molecule has 2 aromatic rings. The normalized spacial score (nSPS) is 9.95. The van der Waals surface area contributed by atoms with Gasteiger partial charge in [0.25, 0.3) is 5.91 Å². The van der Waals surface area contributed by atoms with Gasteiger partial charge in [0.15, 0.2) is 0 Å². The molecule has 0 bridgehead atoms. The fourth-order valence-electron chi connectivity index (χ4n) is 1.44. The molecular weight excluding hydrogens is 270 g/mol. The summed E-state index contributed by atoms with van der Waals surface area (Å²) in [5, 5.41) is 13.3. The zero-order chi connectivity index (χ0) is 13.8. The number of amides is 1. The van der Waals surface area contributed by atoms with E-state index in [-0.39, 0.29) is 16.7 Å². The highest BCUT2D eigenvalue weighted by atomic mass is 35.5.